The van der Waals surface area contributed by atoms with Crippen LogP contribution in [-0.4, -0.2) is 19.9 Å². The van der Waals surface area contributed by atoms with E-state index in [0.29, 0.717) is 0 Å². The third kappa shape index (κ3) is 3.79. The van der Waals surface area contributed by atoms with Crippen molar-refractivity contribution in [3.8, 4) is 44.1 Å². The minimum absolute atomic E-state index is 0.910. The Morgan fingerprint density at radius 3 is 1.91 bits per heavy atom. The van der Waals surface area contributed by atoms with Gasteiger partial charge in [0.2, 0.25) is 0 Å². The largest absolute Gasteiger partial charge is 0.264 e. The number of fused-ring (bicyclic) bond motifs is 1. The van der Waals surface area contributed by atoms with Gasteiger partial charge in [-0.1, -0.05) is 24.3 Å². The van der Waals surface area contributed by atoms with Crippen molar-refractivity contribution in [2.75, 3.05) is 0 Å². The molecule has 0 fully saturated rings. The highest BCUT2D eigenvalue weighted by atomic mass is 32.1. The van der Waals surface area contributed by atoms with Crippen molar-refractivity contribution in [1.29, 1.82) is 0 Å². The zero-order valence-corrected chi connectivity index (χ0v) is 18.4. The summed E-state index contributed by atoms with van der Waals surface area (Å²) in [4.78, 5) is 18.3. The lowest BCUT2D eigenvalue weighted by molar-refractivity contribution is 1.31. The van der Waals surface area contributed by atoms with E-state index in [1.54, 1.807) is 23.7 Å². The zero-order chi connectivity index (χ0) is 22.0. The van der Waals surface area contributed by atoms with Gasteiger partial charge in [0.1, 0.15) is 5.01 Å². The molecule has 0 atom stereocenters. The lowest BCUT2D eigenvalue weighted by Gasteiger charge is -2.12. The fraction of sp³-hybridized carbons (Fsp3) is 0. The number of thiazole rings is 1. The van der Waals surface area contributed by atoms with Gasteiger partial charge in [0.05, 0.1) is 15.9 Å². The van der Waals surface area contributed by atoms with Crippen LogP contribution in [0.25, 0.3) is 54.3 Å². The molecule has 0 radical (unpaired) electrons. The molecule has 0 saturated heterocycles. The van der Waals surface area contributed by atoms with E-state index >= 15 is 0 Å². The summed E-state index contributed by atoms with van der Waals surface area (Å²) in [7, 11) is 0. The summed E-state index contributed by atoms with van der Waals surface area (Å²) in [6.07, 6.45) is 9.20. The van der Waals surface area contributed by atoms with Gasteiger partial charge in [-0.2, -0.15) is 0 Å². The number of nitrogens with zero attached hydrogens (tertiary/aromatic N) is 4. The van der Waals surface area contributed by atoms with E-state index in [-0.39, 0.29) is 0 Å². The molecule has 0 unspecified atom stereocenters. The van der Waals surface area contributed by atoms with Gasteiger partial charge in [0.25, 0.3) is 0 Å². The van der Waals surface area contributed by atoms with Gasteiger partial charge in [-0.3, -0.25) is 15.0 Å². The van der Waals surface area contributed by atoms with Crippen LogP contribution in [0.4, 0.5) is 0 Å². The number of benzene rings is 2. The van der Waals surface area contributed by atoms with Crippen LogP contribution in [0.3, 0.4) is 0 Å². The Balaban J connectivity index is 1.57. The first-order chi connectivity index (χ1) is 16.3. The molecule has 0 aliphatic heterocycles. The second kappa shape index (κ2) is 8.37. The lowest BCUT2D eigenvalue weighted by Crippen LogP contribution is -1.91. The smallest absolute Gasteiger partial charge is 0.126 e. The van der Waals surface area contributed by atoms with Crippen LogP contribution in [0.5, 0.6) is 0 Å². The Hall–Kier alpha value is -4.22. The molecule has 0 aliphatic carbocycles. The normalized spacial score (nSPS) is 11.0. The Labute approximate surface area is 195 Å². The molecule has 6 aromatic rings. The van der Waals surface area contributed by atoms with Crippen molar-refractivity contribution in [3.63, 3.8) is 0 Å². The van der Waals surface area contributed by atoms with E-state index in [9.17, 15) is 0 Å². The van der Waals surface area contributed by atoms with Crippen LogP contribution in [0.2, 0.25) is 0 Å². The summed E-state index contributed by atoms with van der Waals surface area (Å²) >= 11 is 1.69. The van der Waals surface area contributed by atoms with Gasteiger partial charge in [0.15, 0.2) is 0 Å². The monoisotopic (exact) mass is 442 g/mol. The fourth-order valence-electron chi connectivity index (χ4n) is 3.96. The Morgan fingerprint density at radius 2 is 1.24 bits per heavy atom. The number of para-hydroxylation sites is 1. The number of rotatable bonds is 4. The van der Waals surface area contributed by atoms with E-state index in [1.807, 2.05) is 48.9 Å². The molecular formula is C28H18N4S. The van der Waals surface area contributed by atoms with Crippen LogP contribution in [0.15, 0.2) is 110 Å². The number of pyridine rings is 3. The Kier molecular flexibility index (Phi) is 4.94. The minimum Gasteiger partial charge on any atom is -0.264 e. The molecule has 6 rings (SSSR count). The molecule has 0 saturated carbocycles. The first-order valence-electron chi connectivity index (χ1n) is 10.6. The summed E-state index contributed by atoms with van der Waals surface area (Å²) in [5, 5.41) is 0.967. The van der Waals surface area contributed by atoms with Crippen LogP contribution < -0.4 is 0 Å². The average molecular weight is 443 g/mol. The quantitative estimate of drug-likeness (QED) is 0.291. The second-order valence-corrected chi connectivity index (χ2v) is 8.70. The first kappa shape index (κ1) is 19.5. The maximum absolute atomic E-state index is 4.89. The molecule has 5 heteroatoms. The summed E-state index contributed by atoms with van der Waals surface area (Å²) in [5.41, 5.74) is 8.26. The number of hydrogen-bond donors (Lipinski definition) is 0. The van der Waals surface area contributed by atoms with E-state index in [2.05, 4.69) is 58.5 Å². The van der Waals surface area contributed by atoms with Gasteiger partial charge in [-0.15, -0.1) is 11.3 Å². The predicted octanol–water partition coefficient (Wildman–Crippen LogP) is 7.15. The standard InChI is InChI=1S/C28H18N4S/c1-2-10-26-25(9-1)32-28(33-26)24-8-5-13-31-27(24)23-15-21(19-6-3-11-29-17-19)14-22(16-23)20-7-4-12-30-18-20/h1-18H. The summed E-state index contributed by atoms with van der Waals surface area (Å²) in [6.45, 7) is 0. The fourth-order valence-corrected chi connectivity index (χ4v) is 4.95. The Morgan fingerprint density at radius 1 is 0.576 bits per heavy atom. The molecule has 4 aromatic heterocycles. The first-order valence-corrected chi connectivity index (χ1v) is 11.4. The van der Waals surface area contributed by atoms with Crippen molar-refractivity contribution < 1.29 is 0 Å². The molecule has 0 bridgehead atoms. The molecular weight excluding hydrogens is 424 g/mol. The molecule has 156 valence electrons. The van der Waals surface area contributed by atoms with Crippen molar-refractivity contribution in [2.24, 2.45) is 0 Å². The van der Waals surface area contributed by atoms with Crippen molar-refractivity contribution in [1.82, 2.24) is 19.9 Å². The highest BCUT2D eigenvalue weighted by Crippen LogP contribution is 2.38. The van der Waals surface area contributed by atoms with Gasteiger partial charge in [-0.25, -0.2) is 4.98 Å². The summed E-state index contributed by atoms with van der Waals surface area (Å²) in [6, 6.07) is 26.9. The van der Waals surface area contributed by atoms with E-state index in [1.165, 1.54) is 4.70 Å². The number of hydrogen-bond acceptors (Lipinski definition) is 5. The van der Waals surface area contributed by atoms with Crippen LogP contribution in [-0.2, 0) is 0 Å². The van der Waals surface area contributed by atoms with Gasteiger partial charge in [-0.05, 0) is 65.7 Å². The number of aromatic nitrogens is 4. The third-order valence-corrected chi connectivity index (χ3v) is 6.60. The SMILES string of the molecule is c1cncc(-c2cc(-c3cccnc3)cc(-c3ncccc3-c3nc4ccccc4s3)c2)c1. The van der Waals surface area contributed by atoms with Crippen molar-refractivity contribution in [3.05, 3.63) is 110 Å². The maximum atomic E-state index is 4.89. The summed E-state index contributed by atoms with van der Waals surface area (Å²) < 4.78 is 1.17. The van der Waals surface area contributed by atoms with Gasteiger partial charge >= 0.3 is 0 Å². The van der Waals surface area contributed by atoms with Crippen LogP contribution in [0, 0.1) is 0 Å². The van der Waals surface area contributed by atoms with E-state index in [0.717, 1.165) is 49.6 Å². The molecule has 0 N–H and O–H groups in total. The zero-order valence-electron chi connectivity index (χ0n) is 17.6. The van der Waals surface area contributed by atoms with Crippen LogP contribution in [0.1, 0.15) is 0 Å². The lowest BCUT2D eigenvalue weighted by atomic mass is 9.95. The molecule has 33 heavy (non-hydrogen) atoms. The third-order valence-electron chi connectivity index (χ3n) is 5.53. The highest BCUT2D eigenvalue weighted by molar-refractivity contribution is 7.21. The molecule has 0 spiro atoms. The molecule has 2 aromatic carbocycles. The average Bonchev–Trinajstić information content (AvgIpc) is 3.34. The van der Waals surface area contributed by atoms with Gasteiger partial charge in [0, 0.05) is 53.2 Å². The topological polar surface area (TPSA) is 51.6 Å². The molecule has 4 nitrogen and oxygen atoms in total. The van der Waals surface area contributed by atoms with Crippen molar-refractivity contribution in [2.45, 2.75) is 0 Å². The highest BCUT2D eigenvalue weighted by Gasteiger charge is 2.15. The molecule has 4 heterocycles. The predicted molar refractivity (Wildman–Crippen MR) is 135 cm³/mol. The molecule has 0 aliphatic rings. The maximum Gasteiger partial charge on any atom is 0.126 e. The van der Waals surface area contributed by atoms with Crippen molar-refractivity contribution >= 4 is 21.6 Å². The summed E-state index contributed by atoms with van der Waals surface area (Å²) in [5.74, 6) is 0. The second-order valence-electron chi connectivity index (χ2n) is 7.67. The van der Waals surface area contributed by atoms with E-state index in [4.69, 9.17) is 9.97 Å². The van der Waals surface area contributed by atoms with Crippen LogP contribution >= 0.6 is 11.3 Å². The molecule has 0 amide bonds. The van der Waals surface area contributed by atoms with Gasteiger partial charge < -0.3 is 0 Å². The minimum atomic E-state index is 0.910. The Bertz CT molecular complexity index is 1470. The van der Waals surface area contributed by atoms with E-state index < -0.39 is 0 Å².